The molecule has 44 valence electrons. The summed E-state index contributed by atoms with van der Waals surface area (Å²) >= 11 is 0. The Kier molecular flexibility index (Phi) is 1.70. The predicted molar refractivity (Wildman–Crippen MR) is 33.6 cm³/mol. The highest BCUT2D eigenvalue weighted by Crippen LogP contribution is 2.42. The third-order valence-electron chi connectivity index (χ3n) is 1.59. The Morgan fingerprint density at radius 2 is 1.71 bits per heavy atom. The molecule has 1 rings (SSSR count). The van der Waals surface area contributed by atoms with Crippen molar-refractivity contribution in [1.82, 2.24) is 0 Å². The van der Waals surface area contributed by atoms with Gasteiger partial charge in [-0.3, -0.25) is 0 Å². The molecule has 1 aliphatic carbocycles. The molecule has 0 saturated heterocycles. The van der Waals surface area contributed by atoms with Crippen LogP contribution in [0.1, 0.15) is 20.3 Å². The van der Waals surface area contributed by atoms with Crippen molar-refractivity contribution in [3.8, 4) is 0 Å². The van der Waals surface area contributed by atoms with E-state index >= 15 is 0 Å². The minimum atomic E-state index is 0. The second-order valence-electron chi connectivity index (χ2n) is 2.80. The van der Waals surface area contributed by atoms with Gasteiger partial charge in [0.1, 0.15) is 0 Å². The zero-order valence-corrected chi connectivity index (χ0v) is 5.59. The monoisotopic (exact) mass is 121 g/mol. The Labute approximate surface area is 50.7 Å². The molecule has 0 bridgehead atoms. The van der Waals surface area contributed by atoms with E-state index in [2.05, 4.69) is 13.8 Å². The van der Waals surface area contributed by atoms with Gasteiger partial charge in [-0.05, 0) is 11.8 Å². The van der Waals surface area contributed by atoms with Crippen molar-refractivity contribution in [3.63, 3.8) is 0 Å². The Bertz CT molecular complexity index is 70.5. The van der Waals surface area contributed by atoms with Crippen LogP contribution in [0.15, 0.2) is 0 Å². The summed E-state index contributed by atoms with van der Waals surface area (Å²) in [5.74, 6) is 0. The molecule has 1 aliphatic rings. The van der Waals surface area contributed by atoms with Gasteiger partial charge in [0.15, 0.2) is 0 Å². The van der Waals surface area contributed by atoms with Crippen molar-refractivity contribution < 1.29 is 0 Å². The van der Waals surface area contributed by atoms with Crippen LogP contribution in [0.4, 0.5) is 0 Å². The lowest BCUT2D eigenvalue weighted by atomic mass is 10.2. The molecule has 2 heteroatoms. The molecule has 0 aliphatic heterocycles. The highest BCUT2D eigenvalue weighted by molar-refractivity contribution is 5.85. The van der Waals surface area contributed by atoms with Gasteiger partial charge in [0.05, 0.1) is 0 Å². The van der Waals surface area contributed by atoms with Gasteiger partial charge in [-0.2, -0.15) is 0 Å². The van der Waals surface area contributed by atoms with Gasteiger partial charge >= 0.3 is 0 Å². The molecular weight excluding hydrogens is 110 g/mol. The fourth-order valence-electron chi connectivity index (χ4n) is 0.508. The number of halogens is 1. The van der Waals surface area contributed by atoms with Crippen molar-refractivity contribution in [1.29, 1.82) is 0 Å². The zero-order valence-electron chi connectivity index (χ0n) is 4.77. The molecule has 7 heavy (non-hydrogen) atoms. The van der Waals surface area contributed by atoms with Crippen LogP contribution in [0, 0.1) is 5.41 Å². The molecule has 1 unspecified atom stereocenters. The summed E-state index contributed by atoms with van der Waals surface area (Å²) in [6, 6.07) is 0.498. The molecule has 0 aromatic heterocycles. The molecule has 1 atom stereocenters. The average molecular weight is 122 g/mol. The molecule has 0 spiro atoms. The lowest BCUT2D eigenvalue weighted by Crippen LogP contribution is -2.05. The summed E-state index contributed by atoms with van der Waals surface area (Å²) in [6.45, 7) is 4.38. The third kappa shape index (κ3) is 1.32. The van der Waals surface area contributed by atoms with Gasteiger partial charge in [0, 0.05) is 6.04 Å². The summed E-state index contributed by atoms with van der Waals surface area (Å²) in [6.07, 6.45) is 1.22. The topological polar surface area (TPSA) is 26.0 Å². The van der Waals surface area contributed by atoms with Crippen LogP contribution in [-0.2, 0) is 0 Å². The molecule has 0 aromatic rings. The van der Waals surface area contributed by atoms with Crippen LogP contribution >= 0.6 is 12.4 Å². The summed E-state index contributed by atoms with van der Waals surface area (Å²) in [5, 5.41) is 0. The van der Waals surface area contributed by atoms with E-state index < -0.39 is 0 Å². The first-order chi connectivity index (χ1) is 2.63. The lowest BCUT2D eigenvalue weighted by Gasteiger charge is -1.91. The van der Waals surface area contributed by atoms with Crippen LogP contribution in [-0.4, -0.2) is 6.04 Å². The molecule has 0 aromatic carbocycles. The summed E-state index contributed by atoms with van der Waals surface area (Å²) in [4.78, 5) is 0. The van der Waals surface area contributed by atoms with Gasteiger partial charge < -0.3 is 5.73 Å². The highest BCUT2D eigenvalue weighted by atomic mass is 35.5. The Morgan fingerprint density at radius 3 is 1.71 bits per heavy atom. The SMILES string of the molecule is CC1(C)CC1N.Cl. The number of hydrogen-bond acceptors (Lipinski definition) is 1. The fourth-order valence-corrected chi connectivity index (χ4v) is 0.508. The first kappa shape index (κ1) is 7.25. The smallest absolute Gasteiger partial charge is 0.00965 e. The van der Waals surface area contributed by atoms with Crippen molar-refractivity contribution >= 4 is 12.4 Å². The molecule has 1 saturated carbocycles. The van der Waals surface area contributed by atoms with Crippen LogP contribution in [0.3, 0.4) is 0 Å². The molecule has 2 N–H and O–H groups in total. The van der Waals surface area contributed by atoms with Gasteiger partial charge in [-0.1, -0.05) is 13.8 Å². The first-order valence-corrected chi connectivity index (χ1v) is 2.38. The molecule has 0 amide bonds. The minimum absolute atomic E-state index is 0. The fraction of sp³-hybridized carbons (Fsp3) is 1.00. The van der Waals surface area contributed by atoms with E-state index in [1.807, 2.05) is 0 Å². The molecule has 1 fully saturated rings. The first-order valence-electron chi connectivity index (χ1n) is 2.38. The van der Waals surface area contributed by atoms with E-state index in [1.165, 1.54) is 6.42 Å². The van der Waals surface area contributed by atoms with Crippen LogP contribution < -0.4 is 5.73 Å². The second kappa shape index (κ2) is 1.64. The van der Waals surface area contributed by atoms with Gasteiger partial charge in [-0.25, -0.2) is 0 Å². The molecule has 1 nitrogen and oxygen atoms in total. The zero-order chi connectivity index (χ0) is 4.78. The van der Waals surface area contributed by atoms with E-state index in [0.29, 0.717) is 11.5 Å². The van der Waals surface area contributed by atoms with Crippen LogP contribution in [0.2, 0.25) is 0 Å². The second-order valence-corrected chi connectivity index (χ2v) is 2.80. The van der Waals surface area contributed by atoms with Crippen LogP contribution in [0.5, 0.6) is 0 Å². The maximum atomic E-state index is 5.50. The van der Waals surface area contributed by atoms with Gasteiger partial charge in [0.25, 0.3) is 0 Å². The van der Waals surface area contributed by atoms with Gasteiger partial charge in [-0.15, -0.1) is 12.4 Å². The molecule has 0 heterocycles. The van der Waals surface area contributed by atoms with E-state index in [4.69, 9.17) is 5.73 Å². The van der Waals surface area contributed by atoms with Crippen molar-refractivity contribution in [2.45, 2.75) is 26.3 Å². The lowest BCUT2D eigenvalue weighted by molar-refractivity contribution is 0.618. The van der Waals surface area contributed by atoms with E-state index in [9.17, 15) is 0 Å². The largest absolute Gasteiger partial charge is 0.327 e. The summed E-state index contributed by atoms with van der Waals surface area (Å²) < 4.78 is 0. The van der Waals surface area contributed by atoms with Crippen molar-refractivity contribution in [3.05, 3.63) is 0 Å². The van der Waals surface area contributed by atoms with Crippen molar-refractivity contribution in [2.75, 3.05) is 0 Å². The molecular formula is C5H12ClN. The minimum Gasteiger partial charge on any atom is -0.327 e. The quantitative estimate of drug-likeness (QED) is 0.512. The van der Waals surface area contributed by atoms with Crippen LogP contribution in [0.25, 0.3) is 0 Å². The Morgan fingerprint density at radius 1 is 1.57 bits per heavy atom. The normalized spacial score (nSPS) is 33.9. The number of nitrogens with two attached hydrogens (primary N) is 1. The Hall–Kier alpha value is 0.250. The van der Waals surface area contributed by atoms with Gasteiger partial charge in [0.2, 0.25) is 0 Å². The highest BCUT2D eigenvalue weighted by Gasteiger charge is 2.42. The standard InChI is InChI=1S/C5H11N.ClH/c1-5(2)3-4(5)6;/h4H,3,6H2,1-2H3;1H. The summed E-state index contributed by atoms with van der Waals surface area (Å²) in [5.41, 5.74) is 5.99. The number of rotatable bonds is 0. The van der Waals surface area contributed by atoms with E-state index in [1.54, 1.807) is 0 Å². The molecule has 0 radical (unpaired) electrons. The van der Waals surface area contributed by atoms with E-state index in [0.717, 1.165) is 0 Å². The summed E-state index contributed by atoms with van der Waals surface area (Å²) in [7, 11) is 0. The maximum Gasteiger partial charge on any atom is 0.00965 e. The van der Waals surface area contributed by atoms with E-state index in [-0.39, 0.29) is 12.4 Å². The Balaban J connectivity index is 0.000000360. The maximum absolute atomic E-state index is 5.50. The van der Waals surface area contributed by atoms with Crippen molar-refractivity contribution in [2.24, 2.45) is 11.1 Å². The number of hydrogen-bond donors (Lipinski definition) is 1. The average Bonchev–Trinajstić information content (AvgIpc) is 1.73. The third-order valence-corrected chi connectivity index (χ3v) is 1.59. The predicted octanol–water partition coefficient (Wildman–Crippen LogP) is 1.17.